The molecule has 3 aromatic carbocycles. The van der Waals surface area contributed by atoms with Crippen molar-refractivity contribution in [3.8, 4) is 22.6 Å². The summed E-state index contributed by atoms with van der Waals surface area (Å²) < 4.78 is 10.5. The summed E-state index contributed by atoms with van der Waals surface area (Å²) >= 11 is 0. The van der Waals surface area contributed by atoms with Crippen LogP contribution in [0.3, 0.4) is 0 Å². The molecule has 5 nitrogen and oxygen atoms in total. The van der Waals surface area contributed by atoms with Gasteiger partial charge < -0.3 is 19.9 Å². The van der Waals surface area contributed by atoms with Gasteiger partial charge in [0.2, 0.25) is 5.91 Å². The summed E-state index contributed by atoms with van der Waals surface area (Å²) in [5.41, 5.74) is 3.73. The number of hydrogen-bond donors (Lipinski definition) is 2. The molecule has 0 radical (unpaired) electrons. The lowest BCUT2D eigenvalue weighted by molar-refractivity contribution is -0.120. The van der Waals surface area contributed by atoms with Crippen LogP contribution in [-0.2, 0) is 11.2 Å². The minimum Gasteiger partial charge on any atom is -0.497 e. The number of aliphatic hydroxyl groups excluding tert-OH is 1. The zero-order valence-electron chi connectivity index (χ0n) is 16.6. The second-order valence-electron chi connectivity index (χ2n) is 6.67. The fourth-order valence-electron chi connectivity index (χ4n) is 3.11. The number of benzene rings is 3. The number of amides is 1. The molecule has 0 bridgehead atoms. The van der Waals surface area contributed by atoms with E-state index >= 15 is 0 Å². The Balaban J connectivity index is 1.57. The van der Waals surface area contributed by atoms with Crippen molar-refractivity contribution in [1.29, 1.82) is 0 Å². The molecule has 1 amide bonds. The Morgan fingerprint density at radius 1 is 0.931 bits per heavy atom. The molecule has 0 aliphatic heterocycles. The Hall–Kier alpha value is -3.31. The average Bonchev–Trinajstić information content (AvgIpc) is 2.78. The third-order valence-electron chi connectivity index (χ3n) is 4.71. The number of methoxy groups -OCH3 is 2. The third-order valence-corrected chi connectivity index (χ3v) is 4.71. The van der Waals surface area contributed by atoms with Crippen molar-refractivity contribution in [2.75, 3.05) is 20.8 Å². The molecule has 2 N–H and O–H groups in total. The highest BCUT2D eigenvalue weighted by atomic mass is 16.5. The first-order chi connectivity index (χ1) is 14.1. The number of ether oxygens (including phenoxy) is 2. The van der Waals surface area contributed by atoms with Gasteiger partial charge in [-0.25, -0.2) is 0 Å². The summed E-state index contributed by atoms with van der Waals surface area (Å²) in [5, 5.41) is 13.3. The predicted molar refractivity (Wildman–Crippen MR) is 113 cm³/mol. The lowest BCUT2D eigenvalue weighted by Gasteiger charge is -2.16. The van der Waals surface area contributed by atoms with Crippen molar-refractivity contribution in [3.05, 3.63) is 83.9 Å². The Morgan fingerprint density at radius 3 is 2.28 bits per heavy atom. The average molecular weight is 391 g/mol. The quantitative estimate of drug-likeness (QED) is 0.614. The van der Waals surface area contributed by atoms with Crippen molar-refractivity contribution in [2.45, 2.75) is 12.5 Å². The molecule has 0 aromatic heterocycles. The molecule has 0 fully saturated rings. The fraction of sp³-hybridized carbons (Fsp3) is 0.208. The highest BCUT2D eigenvalue weighted by molar-refractivity contribution is 5.79. The van der Waals surface area contributed by atoms with Crippen LogP contribution in [0.15, 0.2) is 72.8 Å². The number of carbonyl (C=O) groups excluding carboxylic acids is 1. The lowest BCUT2D eigenvalue weighted by atomic mass is 10.0. The highest BCUT2D eigenvalue weighted by Crippen LogP contribution is 2.29. The van der Waals surface area contributed by atoms with Crippen LogP contribution in [-0.4, -0.2) is 31.8 Å². The standard InChI is InChI=1S/C24H25NO4/c1-28-20-12-13-23(29-2)21(15-20)22(26)16-25-24(27)14-17-8-10-19(11-9-17)18-6-4-3-5-7-18/h3-13,15,22,26H,14,16H2,1-2H3,(H,25,27). The summed E-state index contributed by atoms with van der Waals surface area (Å²) in [7, 11) is 3.10. The Bertz CT molecular complexity index is 939. The summed E-state index contributed by atoms with van der Waals surface area (Å²) in [5.74, 6) is 1.01. The van der Waals surface area contributed by atoms with E-state index in [9.17, 15) is 9.90 Å². The first-order valence-corrected chi connectivity index (χ1v) is 9.41. The Morgan fingerprint density at radius 2 is 1.62 bits per heavy atom. The minimum atomic E-state index is -0.899. The third kappa shape index (κ3) is 5.36. The molecule has 0 saturated heterocycles. The van der Waals surface area contributed by atoms with Crippen LogP contribution in [0, 0.1) is 0 Å². The van der Waals surface area contributed by atoms with Gasteiger partial charge >= 0.3 is 0 Å². The van der Waals surface area contributed by atoms with Gasteiger partial charge in [0.15, 0.2) is 0 Å². The van der Waals surface area contributed by atoms with Crippen LogP contribution < -0.4 is 14.8 Å². The maximum absolute atomic E-state index is 12.3. The second-order valence-corrected chi connectivity index (χ2v) is 6.67. The van der Waals surface area contributed by atoms with E-state index in [0.29, 0.717) is 17.1 Å². The summed E-state index contributed by atoms with van der Waals surface area (Å²) in [6, 6.07) is 23.2. The topological polar surface area (TPSA) is 67.8 Å². The number of hydrogen-bond acceptors (Lipinski definition) is 4. The minimum absolute atomic E-state index is 0.0878. The molecule has 150 valence electrons. The Labute approximate surface area is 170 Å². The monoisotopic (exact) mass is 391 g/mol. The first kappa shape index (κ1) is 20.4. The zero-order valence-corrected chi connectivity index (χ0v) is 16.6. The molecule has 29 heavy (non-hydrogen) atoms. The smallest absolute Gasteiger partial charge is 0.224 e. The maximum Gasteiger partial charge on any atom is 0.224 e. The SMILES string of the molecule is COc1ccc(OC)c(C(O)CNC(=O)Cc2ccc(-c3ccccc3)cc2)c1. The first-order valence-electron chi connectivity index (χ1n) is 9.41. The molecule has 3 rings (SSSR count). The molecule has 0 heterocycles. The molecular formula is C24H25NO4. The number of carbonyl (C=O) groups is 1. The van der Waals surface area contributed by atoms with Gasteiger partial charge in [-0.2, -0.15) is 0 Å². The summed E-state index contributed by atoms with van der Waals surface area (Å²) in [6.45, 7) is 0.0878. The van der Waals surface area contributed by atoms with E-state index in [4.69, 9.17) is 9.47 Å². The van der Waals surface area contributed by atoms with E-state index in [0.717, 1.165) is 16.7 Å². The van der Waals surface area contributed by atoms with Crippen LogP contribution in [0.2, 0.25) is 0 Å². The van der Waals surface area contributed by atoms with Gasteiger partial charge in [-0.15, -0.1) is 0 Å². The van der Waals surface area contributed by atoms with E-state index in [1.54, 1.807) is 25.3 Å². The molecule has 0 spiro atoms. The number of rotatable bonds is 8. The van der Waals surface area contributed by atoms with Crippen molar-refractivity contribution < 1.29 is 19.4 Å². The van der Waals surface area contributed by atoms with Crippen LogP contribution in [0.4, 0.5) is 0 Å². The number of aliphatic hydroxyl groups is 1. The van der Waals surface area contributed by atoms with E-state index in [1.807, 2.05) is 42.5 Å². The molecular weight excluding hydrogens is 366 g/mol. The van der Waals surface area contributed by atoms with Crippen LogP contribution in [0.1, 0.15) is 17.2 Å². The van der Waals surface area contributed by atoms with Gasteiger partial charge in [-0.3, -0.25) is 4.79 Å². The molecule has 0 aliphatic rings. The van der Waals surface area contributed by atoms with Crippen LogP contribution in [0.5, 0.6) is 11.5 Å². The van der Waals surface area contributed by atoms with E-state index in [-0.39, 0.29) is 18.9 Å². The second kappa shape index (κ2) is 9.75. The van der Waals surface area contributed by atoms with E-state index < -0.39 is 6.10 Å². The van der Waals surface area contributed by atoms with Crippen molar-refractivity contribution >= 4 is 5.91 Å². The van der Waals surface area contributed by atoms with Crippen molar-refractivity contribution in [3.63, 3.8) is 0 Å². The van der Waals surface area contributed by atoms with Crippen molar-refractivity contribution in [1.82, 2.24) is 5.32 Å². The largest absolute Gasteiger partial charge is 0.497 e. The normalized spacial score (nSPS) is 11.6. The van der Waals surface area contributed by atoms with Gasteiger partial charge in [-0.1, -0.05) is 54.6 Å². The number of nitrogens with one attached hydrogen (secondary N) is 1. The van der Waals surface area contributed by atoms with Crippen LogP contribution >= 0.6 is 0 Å². The molecule has 5 heteroatoms. The maximum atomic E-state index is 12.3. The molecule has 1 unspecified atom stereocenters. The summed E-state index contributed by atoms with van der Waals surface area (Å²) in [4.78, 5) is 12.3. The predicted octanol–water partition coefficient (Wildman–Crippen LogP) is 3.76. The molecule has 0 aliphatic carbocycles. The molecule has 3 aromatic rings. The van der Waals surface area contributed by atoms with Gasteiger partial charge in [0, 0.05) is 12.1 Å². The van der Waals surface area contributed by atoms with Gasteiger partial charge in [0.1, 0.15) is 11.5 Å². The summed E-state index contributed by atoms with van der Waals surface area (Å²) in [6.07, 6.45) is -0.652. The van der Waals surface area contributed by atoms with E-state index in [1.165, 1.54) is 7.11 Å². The van der Waals surface area contributed by atoms with Crippen LogP contribution in [0.25, 0.3) is 11.1 Å². The lowest BCUT2D eigenvalue weighted by Crippen LogP contribution is -2.29. The zero-order chi connectivity index (χ0) is 20.6. The van der Waals surface area contributed by atoms with E-state index in [2.05, 4.69) is 17.4 Å². The molecule has 1 atom stereocenters. The molecule has 0 saturated carbocycles. The van der Waals surface area contributed by atoms with Crippen molar-refractivity contribution in [2.24, 2.45) is 0 Å². The van der Waals surface area contributed by atoms with Gasteiger partial charge in [0.25, 0.3) is 0 Å². The highest BCUT2D eigenvalue weighted by Gasteiger charge is 2.16. The Kier molecular flexibility index (Phi) is 6.87. The fourth-order valence-corrected chi connectivity index (χ4v) is 3.11. The van der Waals surface area contributed by atoms with Gasteiger partial charge in [-0.05, 0) is 34.9 Å². The van der Waals surface area contributed by atoms with Gasteiger partial charge in [0.05, 0.1) is 26.7 Å².